The van der Waals surface area contributed by atoms with Gasteiger partial charge in [-0.1, -0.05) is 12.2 Å². The SMILES string of the molecule is COC(=O)C1=C(SC)C=CC(C)(C(=O)O)C1. The molecule has 0 bridgehead atoms. The lowest BCUT2D eigenvalue weighted by Gasteiger charge is -2.26. The van der Waals surface area contributed by atoms with Gasteiger partial charge < -0.3 is 9.84 Å². The van der Waals surface area contributed by atoms with Gasteiger partial charge in [-0.25, -0.2) is 4.79 Å². The predicted molar refractivity (Wildman–Crippen MR) is 62.1 cm³/mol. The smallest absolute Gasteiger partial charge is 0.334 e. The van der Waals surface area contributed by atoms with Crippen molar-refractivity contribution in [2.24, 2.45) is 5.41 Å². The first-order valence-electron chi connectivity index (χ1n) is 4.72. The van der Waals surface area contributed by atoms with Crippen molar-refractivity contribution in [3.8, 4) is 0 Å². The highest BCUT2D eigenvalue weighted by Gasteiger charge is 2.36. The lowest BCUT2D eigenvalue weighted by Crippen LogP contribution is -2.29. The van der Waals surface area contributed by atoms with E-state index in [1.807, 2.05) is 6.26 Å². The van der Waals surface area contributed by atoms with Crippen molar-refractivity contribution in [1.82, 2.24) is 0 Å². The first-order valence-corrected chi connectivity index (χ1v) is 5.95. The number of hydrogen-bond donors (Lipinski definition) is 1. The topological polar surface area (TPSA) is 63.6 Å². The zero-order chi connectivity index (χ0) is 12.3. The van der Waals surface area contributed by atoms with Crippen molar-refractivity contribution in [3.63, 3.8) is 0 Å². The number of carbonyl (C=O) groups is 2. The van der Waals surface area contributed by atoms with Crippen LogP contribution in [0.2, 0.25) is 0 Å². The minimum Gasteiger partial charge on any atom is -0.481 e. The van der Waals surface area contributed by atoms with Gasteiger partial charge >= 0.3 is 11.9 Å². The first kappa shape index (κ1) is 12.8. The summed E-state index contributed by atoms with van der Waals surface area (Å²) in [5.74, 6) is -1.40. The zero-order valence-electron chi connectivity index (χ0n) is 9.44. The van der Waals surface area contributed by atoms with Crippen molar-refractivity contribution in [3.05, 3.63) is 22.6 Å². The maximum Gasteiger partial charge on any atom is 0.334 e. The number of aliphatic carboxylic acids is 1. The molecule has 5 heteroatoms. The Balaban J connectivity index is 3.10. The molecule has 1 aliphatic rings. The predicted octanol–water partition coefficient (Wildman–Crippen LogP) is 1.83. The molecule has 4 nitrogen and oxygen atoms in total. The third kappa shape index (κ3) is 2.29. The molecule has 0 aliphatic heterocycles. The van der Waals surface area contributed by atoms with Gasteiger partial charge in [-0.3, -0.25) is 4.79 Å². The van der Waals surface area contributed by atoms with Crippen LogP contribution in [0.5, 0.6) is 0 Å². The number of ether oxygens (including phenoxy) is 1. The Hall–Kier alpha value is -1.23. The molecular weight excluding hydrogens is 228 g/mol. The van der Waals surface area contributed by atoms with Crippen LogP contribution in [0.15, 0.2) is 22.6 Å². The Kier molecular flexibility index (Phi) is 3.80. The van der Waals surface area contributed by atoms with E-state index in [1.165, 1.54) is 18.9 Å². The van der Waals surface area contributed by atoms with Gasteiger partial charge in [0.25, 0.3) is 0 Å². The molecule has 0 saturated carbocycles. The molecule has 0 aromatic heterocycles. The fourth-order valence-electron chi connectivity index (χ4n) is 1.51. The average Bonchev–Trinajstić information content (AvgIpc) is 2.27. The number of esters is 1. The molecule has 0 radical (unpaired) electrons. The molecule has 88 valence electrons. The minimum absolute atomic E-state index is 0.168. The van der Waals surface area contributed by atoms with E-state index < -0.39 is 17.4 Å². The molecule has 1 aliphatic carbocycles. The Morgan fingerprint density at radius 3 is 2.62 bits per heavy atom. The van der Waals surface area contributed by atoms with Gasteiger partial charge in [-0.15, -0.1) is 11.8 Å². The van der Waals surface area contributed by atoms with Gasteiger partial charge in [0.15, 0.2) is 0 Å². The maximum absolute atomic E-state index is 11.5. The molecule has 1 N–H and O–H groups in total. The van der Waals surface area contributed by atoms with Crippen LogP contribution in [0.1, 0.15) is 13.3 Å². The van der Waals surface area contributed by atoms with E-state index in [1.54, 1.807) is 19.1 Å². The van der Waals surface area contributed by atoms with E-state index in [9.17, 15) is 9.59 Å². The van der Waals surface area contributed by atoms with Gasteiger partial charge in [0, 0.05) is 4.91 Å². The van der Waals surface area contributed by atoms with Crippen LogP contribution in [-0.4, -0.2) is 30.4 Å². The van der Waals surface area contributed by atoms with Crippen LogP contribution in [0.3, 0.4) is 0 Å². The molecule has 0 saturated heterocycles. The first-order chi connectivity index (χ1) is 7.44. The molecule has 0 spiro atoms. The van der Waals surface area contributed by atoms with Gasteiger partial charge in [0.05, 0.1) is 18.1 Å². The summed E-state index contributed by atoms with van der Waals surface area (Å²) >= 11 is 1.41. The summed E-state index contributed by atoms with van der Waals surface area (Å²) in [5, 5.41) is 9.10. The van der Waals surface area contributed by atoms with Gasteiger partial charge in [-0.05, 0) is 19.6 Å². The number of thioether (sulfide) groups is 1. The second-order valence-corrected chi connectivity index (χ2v) is 4.62. The van der Waals surface area contributed by atoms with E-state index in [-0.39, 0.29) is 6.42 Å². The van der Waals surface area contributed by atoms with Crippen LogP contribution in [0.4, 0.5) is 0 Å². The number of rotatable bonds is 3. The molecule has 0 aromatic carbocycles. The molecule has 0 amide bonds. The van der Waals surface area contributed by atoms with Gasteiger partial charge in [0.1, 0.15) is 0 Å². The molecule has 1 atom stereocenters. The Labute approximate surface area is 98.4 Å². The highest BCUT2D eigenvalue weighted by Crippen LogP contribution is 2.37. The molecule has 1 rings (SSSR count). The summed E-state index contributed by atoms with van der Waals surface area (Å²) in [4.78, 5) is 23.4. The second-order valence-electron chi connectivity index (χ2n) is 3.77. The summed E-state index contributed by atoms with van der Waals surface area (Å²) < 4.78 is 4.66. The summed E-state index contributed by atoms with van der Waals surface area (Å²) in [6.45, 7) is 1.59. The summed E-state index contributed by atoms with van der Waals surface area (Å²) in [7, 11) is 1.30. The van der Waals surface area contributed by atoms with Crippen LogP contribution < -0.4 is 0 Å². The Morgan fingerprint density at radius 2 is 2.19 bits per heavy atom. The molecule has 16 heavy (non-hydrogen) atoms. The highest BCUT2D eigenvalue weighted by molar-refractivity contribution is 8.02. The van der Waals surface area contributed by atoms with Crippen LogP contribution in [0.25, 0.3) is 0 Å². The number of allylic oxidation sites excluding steroid dienone is 1. The van der Waals surface area contributed by atoms with E-state index in [2.05, 4.69) is 4.74 Å². The van der Waals surface area contributed by atoms with Crippen LogP contribution in [0, 0.1) is 5.41 Å². The maximum atomic E-state index is 11.5. The summed E-state index contributed by atoms with van der Waals surface area (Å²) in [6, 6.07) is 0. The van der Waals surface area contributed by atoms with Crippen molar-refractivity contribution >= 4 is 23.7 Å². The molecule has 0 fully saturated rings. The van der Waals surface area contributed by atoms with Crippen LogP contribution >= 0.6 is 11.8 Å². The lowest BCUT2D eigenvalue weighted by atomic mass is 9.80. The molecule has 0 heterocycles. The molecular formula is C11H14O4S. The fraction of sp³-hybridized carbons (Fsp3) is 0.455. The van der Waals surface area contributed by atoms with Crippen molar-refractivity contribution in [2.45, 2.75) is 13.3 Å². The summed E-state index contributed by atoms with van der Waals surface area (Å²) in [5.41, 5.74) is -0.592. The number of carboxylic acids is 1. The number of carboxylic acid groups (broad SMARTS) is 1. The zero-order valence-corrected chi connectivity index (χ0v) is 10.3. The quantitative estimate of drug-likeness (QED) is 0.765. The van der Waals surface area contributed by atoms with Gasteiger partial charge in [-0.2, -0.15) is 0 Å². The monoisotopic (exact) mass is 242 g/mol. The normalized spacial score (nSPS) is 24.4. The number of carbonyl (C=O) groups excluding carboxylic acids is 1. The number of methoxy groups -OCH3 is 1. The Morgan fingerprint density at radius 1 is 1.56 bits per heavy atom. The van der Waals surface area contributed by atoms with Crippen molar-refractivity contribution in [1.29, 1.82) is 0 Å². The third-order valence-electron chi connectivity index (χ3n) is 2.58. The van der Waals surface area contributed by atoms with E-state index >= 15 is 0 Å². The average molecular weight is 242 g/mol. The van der Waals surface area contributed by atoms with Crippen molar-refractivity contribution in [2.75, 3.05) is 13.4 Å². The Bertz CT molecular complexity index is 383. The fourth-order valence-corrected chi connectivity index (χ4v) is 2.11. The largest absolute Gasteiger partial charge is 0.481 e. The lowest BCUT2D eigenvalue weighted by molar-refractivity contribution is -0.145. The van der Waals surface area contributed by atoms with Crippen LogP contribution in [-0.2, 0) is 14.3 Å². The van der Waals surface area contributed by atoms with E-state index in [0.717, 1.165) is 4.91 Å². The van der Waals surface area contributed by atoms with Crippen molar-refractivity contribution < 1.29 is 19.4 Å². The summed E-state index contributed by atoms with van der Waals surface area (Å²) in [6.07, 6.45) is 5.30. The minimum atomic E-state index is -1.03. The third-order valence-corrected chi connectivity index (χ3v) is 3.41. The highest BCUT2D eigenvalue weighted by atomic mass is 32.2. The molecule has 1 unspecified atom stereocenters. The van der Waals surface area contributed by atoms with E-state index in [4.69, 9.17) is 5.11 Å². The molecule has 0 aromatic rings. The number of hydrogen-bond acceptors (Lipinski definition) is 4. The van der Waals surface area contributed by atoms with Gasteiger partial charge in [0.2, 0.25) is 0 Å². The standard InChI is InChI=1S/C11H14O4S/c1-11(10(13)14)5-4-8(16-3)7(6-11)9(12)15-2/h4-5H,6H2,1-3H3,(H,13,14). The second kappa shape index (κ2) is 4.74. The van der Waals surface area contributed by atoms with E-state index in [0.29, 0.717) is 5.57 Å².